The Morgan fingerprint density at radius 2 is 1.89 bits per heavy atom. The van der Waals surface area contributed by atoms with Gasteiger partial charge in [0.15, 0.2) is 0 Å². The lowest BCUT2D eigenvalue weighted by atomic mass is 10.1. The predicted octanol–water partition coefficient (Wildman–Crippen LogP) is 3.73. The molecule has 2 aliphatic rings. The van der Waals surface area contributed by atoms with E-state index in [-0.39, 0.29) is 22.9 Å². The largest absolute Gasteiger partial charge is 0.329 e. The molecular weight excluding hydrogens is 360 g/mol. The minimum Gasteiger partial charge on any atom is -0.329 e. The lowest BCUT2D eigenvalue weighted by Crippen LogP contribution is -2.42. The Balaban J connectivity index is 1.51. The van der Waals surface area contributed by atoms with Crippen molar-refractivity contribution in [3.8, 4) is 0 Å². The van der Waals surface area contributed by atoms with E-state index in [1.165, 1.54) is 0 Å². The molecule has 2 bridgehead atoms. The maximum absolute atomic E-state index is 12.9. The van der Waals surface area contributed by atoms with Crippen LogP contribution in [0.1, 0.15) is 35.2 Å². The molecule has 0 saturated carbocycles. The van der Waals surface area contributed by atoms with Gasteiger partial charge in [-0.1, -0.05) is 24.3 Å². The summed E-state index contributed by atoms with van der Waals surface area (Å²) in [5, 5.41) is 0. The van der Waals surface area contributed by atoms with Crippen molar-refractivity contribution >= 4 is 21.6 Å². The fourth-order valence-corrected chi connectivity index (χ4v) is 5.03. The molecule has 0 spiro atoms. The SMILES string of the molecule is Cc1cccc(S(=O)(=O)Nc2ccc(C(=O)N3[C@H]4CC=C[C@H]3CC4)cc2)c1. The van der Waals surface area contributed by atoms with Crippen molar-refractivity contribution in [2.45, 2.75) is 43.2 Å². The highest BCUT2D eigenvalue weighted by Gasteiger charge is 2.37. The molecule has 0 radical (unpaired) electrons. The molecule has 2 aliphatic heterocycles. The summed E-state index contributed by atoms with van der Waals surface area (Å²) < 4.78 is 27.6. The van der Waals surface area contributed by atoms with Gasteiger partial charge >= 0.3 is 0 Å². The smallest absolute Gasteiger partial charge is 0.261 e. The molecule has 5 nitrogen and oxygen atoms in total. The standard InChI is InChI=1S/C21H22N2O3S/c1-15-4-2-7-20(14-15)27(25,26)22-17-10-8-16(9-11-17)21(24)23-18-5-3-6-19(23)13-12-18/h2-5,7-11,14,18-19,22H,6,12-13H2,1H3/t18-,19-/m0/s1. The van der Waals surface area contributed by atoms with E-state index in [1.807, 2.05) is 17.9 Å². The number of sulfonamides is 1. The Bertz CT molecular complexity index is 996. The minimum atomic E-state index is -3.65. The molecule has 6 heteroatoms. The van der Waals surface area contributed by atoms with Crippen LogP contribution >= 0.6 is 0 Å². The number of hydrogen-bond donors (Lipinski definition) is 1. The molecule has 0 aliphatic carbocycles. The molecular formula is C21H22N2O3S. The van der Waals surface area contributed by atoms with E-state index in [4.69, 9.17) is 0 Å². The molecule has 1 fully saturated rings. The lowest BCUT2D eigenvalue weighted by molar-refractivity contribution is 0.0689. The quantitative estimate of drug-likeness (QED) is 0.820. The Kier molecular flexibility index (Phi) is 4.52. The van der Waals surface area contributed by atoms with E-state index in [1.54, 1.807) is 42.5 Å². The molecule has 2 atom stereocenters. The first-order valence-electron chi connectivity index (χ1n) is 9.13. The van der Waals surface area contributed by atoms with Gasteiger partial charge in [0.1, 0.15) is 0 Å². The van der Waals surface area contributed by atoms with E-state index in [9.17, 15) is 13.2 Å². The summed E-state index contributed by atoms with van der Waals surface area (Å²) in [6.45, 7) is 1.85. The zero-order valence-corrected chi connectivity index (χ0v) is 15.9. The molecule has 1 amide bonds. The lowest BCUT2D eigenvalue weighted by Gasteiger charge is -2.31. The van der Waals surface area contributed by atoms with E-state index in [0.717, 1.165) is 24.8 Å². The van der Waals surface area contributed by atoms with Crippen molar-refractivity contribution in [3.63, 3.8) is 0 Å². The first kappa shape index (κ1) is 17.8. The van der Waals surface area contributed by atoms with Gasteiger partial charge < -0.3 is 4.90 Å². The number of benzene rings is 2. The summed E-state index contributed by atoms with van der Waals surface area (Å²) in [5.41, 5.74) is 1.90. The fourth-order valence-electron chi connectivity index (χ4n) is 3.87. The van der Waals surface area contributed by atoms with E-state index in [0.29, 0.717) is 11.3 Å². The molecule has 4 rings (SSSR count). The van der Waals surface area contributed by atoms with Crippen LogP contribution in [-0.2, 0) is 10.0 Å². The second-order valence-corrected chi connectivity index (χ2v) is 8.86. The Labute approximate surface area is 159 Å². The zero-order valence-electron chi connectivity index (χ0n) is 15.1. The van der Waals surface area contributed by atoms with Crippen LogP contribution in [0.3, 0.4) is 0 Å². The number of aryl methyl sites for hydroxylation is 1. The first-order valence-corrected chi connectivity index (χ1v) is 10.6. The zero-order chi connectivity index (χ0) is 19.0. The molecule has 0 aromatic heterocycles. The van der Waals surface area contributed by atoms with Gasteiger partial charge in [-0.3, -0.25) is 9.52 Å². The van der Waals surface area contributed by atoms with Crippen LogP contribution in [0, 0.1) is 6.92 Å². The second kappa shape index (κ2) is 6.85. The van der Waals surface area contributed by atoms with Gasteiger partial charge in [0.05, 0.1) is 10.9 Å². The molecule has 2 aromatic rings. The van der Waals surface area contributed by atoms with Crippen molar-refractivity contribution in [2.24, 2.45) is 0 Å². The second-order valence-electron chi connectivity index (χ2n) is 7.17. The third kappa shape index (κ3) is 3.49. The normalized spacial score (nSPS) is 21.3. The van der Waals surface area contributed by atoms with Crippen molar-refractivity contribution in [1.82, 2.24) is 4.90 Å². The maximum Gasteiger partial charge on any atom is 0.261 e. The van der Waals surface area contributed by atoms with Crippen LogP contribution in [0.2, 0.25) is 0 Å². The summed E-state index contributed by atoms with van der Waals surface area (Å²) in [7, 11) is -3.65. The highest BCUT2D eigenvalue weighted by molar-refractivity contribution is 7.92. The number of carbonyl (C=O) groups excluding carboxylic acids is 1. The summed E-state index contributed by atoms with van der Waals surface area (Å²) in [4.78, 5) is 15.1. The molecule has 1 saturated heterocycles. The van der Waals surface area contributed by atoms with Gasteiger partial charge in [0.2, 0.25) is 0 Å². The molecule has 140 valence electrons. The monoisotopic (exact) mass is 382 g/mol. The van der Waals surface area contributed by atoms with Crippen molar-refractivity contribution in [3.05, 3.63) is 71.8 Å². The van der Waals surface area contributed by atoms with E-state index in [2.05, 4.69) is 16.9 Å². The van der Waals surface area contributed by atoms with Gasteiger partial charge in [-0.15, -0.1) is 0 Å². The summed E-state index contributed by atoms with van der Waals surface area (Å²) in [6, 6.07) is 13.9. The molecule has 1 N–H and O–H groups in total. The average Bonchev–Trinajstić information content (AvgIpc) is 2.90. The Morgan fingerprint density at radius 1 is 1.11 bits per heavy atom. The highest BCUT2D eigenvalue weighted by atomic mass is 32.2. The summed E-state index contributed by atoms with van der Waals surface area (Å²) in [6.07, 6.45) is 7.25. The third-order valence-corrected chi connectivity index (χ3v) is 6.61. The Morgan fingerprint density at radius 3 is 2.59 bits per heavy atom. The van der Waals surface area contributed by atoms with Gasteiger partial charge in [0, 0.05) is 17.3 Å². The third-order valence-electron chi connectivity index (χ3n) is 5.23. The van der Waals surface area contributed by atoms with Crippen LogP contribution in [-0.4, -0.2) is 31.3 Å². The van der Waals surface area contributed by atoms with Gasteiger partial charge in [-0.05, 0) is 68.1 Å². The average molecular weight is 382 g/mol. The van der Waals surface area contributed by atoms with Crippen LogP contribution < -0.4 is 4.72 Å². The number of nitrogens with one attached hydrogen (secondary N) is 1. The van der Waals surface area contributed by atoms with Crippen molar-refractivity contribution in [2.75, 3.05) is 4.72 Å². The number of fused-ring (bicyclic) bond motifs is 2. The van der Waals surface area contributed by atoms with Crippen LogP contribution in [0.5, 0.6) is 0 Å². The molecule has 27 heavy (non-hydrogen) atoms. The summed E-state index contributed by atoms with van der Waals surface area (Å²) >= 11 is 0. The molecule has 0 unspecified atom stereocenters. The van der Waals surface area contributed by atoms with Gasteiger partial charge in [-0.25, -0.2) is 8.42 Å². The topological polar surface area (TPSA) is 66.5 Å². The molecule has 2 heterocycles. The number of hydrogen-bond acceptors (Lipinski definition) is 3. The minimum absolute atomic E-state index is 0.0138. The molecule has 2 aromatic carbocycles. The number of carbonyl (C=O) groups is 1. The van der Waals surface area contributed by atoms with Crippen LogP contribution in [0.4, 0.5) is 5.69 Å². The van der Waals surface area contributed by atoms with Crippen LogP contribution in [0.25, 0.3) is 0 Å². The predicted molar refractivity (Wildman–Crippen MR) is 105 cm³/mol. The van der Waals surface area contributed by atoms with Crippen molar-refractivity contribution < 1.29 is 13.2 Å². The first-order chi connectivity index (χ1) is 12.9. The fraction of sp³-hybridized carbons (Fsp3) is 0.286. The summed E-state index contributed by atoms with van der Waals surface area (Å²) in [5.74, 6) is 0.0138. The number of nitrogens with zero attached hydrogens (tertiary/aromatic N) is 1. The van der Waals surface area contributed by atoms with Gasteiger partial charge in [-0.2, -0.15) is 0 Å². The number of amides is 1. The van der Waals surface area contributed by atoms with Gasteiger partial charge in [0.25, 0.3) is 15.9 Å². The van der Waals surface area contributed by atoms with E-state index < -0.39 is 10.0 Å². The maximum atomic E-state index is 12.9. The highest BCUT2D eigenvalue weighted by Crippen LogP contribution is 2.33. The Hall–Kier alpha value is -2.60. The van der Waals surface area contributed by atoms with E-state index >= 15 is 0 Å². The van der Waals surface area contributed by atoms with Crippen molar-refractivity contribution in [1.29, 1.82) is 0 Å². The number of anilines is 1. The number of rotatable bonds is 4. The van der Waals surface area contributed by atoms with Crippen LogP contribution in [0.15, 0.2) is 65.6 Å².